The third-order valence-electron chi connectivity index (χ3n) is 2.79. The normalized spacial score (nSPS) is 20.4. The Morgan fingerprint density at radius 1 is 1.47 bits per heavy atom. The Bertz CT molecular complexity index is 422. The fraction of sp³-hybridized carbons (Fsp3) is 0.636. The quantitative estimate of drug-likeness (QED) is 0.720. The van der Waals surface area contributed by atoms with Crippen LogP contribution in [0, 0.1) is 0 Å². The first kappa shape index (κ1) is 10.4. The molecule has 1 unspecified atom stereocenters. The van der Waals surface area contributed by atoms with Crippen LogP contribution in [0.5, 0.6) is 0 Å². The van der Waals surface area contributed by atoms with Crippen molar-refractivity contribution in [3.05, 3.63) is 27.4 Å². The monoisotopic (exact) mass is 207 g/mol. The summed E-state index contributed by atoms with van der Waals surface area (Å²) in [7, 11) is 0. The predicted molar refractivity (Wildman–Crippen MR) is 59.0 cm³/mol. The Hall–Kier alpha value is -1.16. The summed E-state index contributed by atoms with van der Waals surface area (Å²) < 4.78 is 0. The molecule has 1 aliphatic rings. The molecule has 0 saturated heterocycles. The molecule has 1 atom stereocenters. The maximum absolute atomic E-state index is 11.8. The molecule has 2 heterocycles. The molecule has 0 aliphatic carbocycles. The van der Waals surface area contributed by atoms with Gasteiger partial charge in [-0.05, 0) is 13.3 Å². The van der Waals surface area contributed by atoms with Gasteiger partial charge in [-0.3, -0.25) is 4.79 Å². The molecule has 1 aromatic rings. The Kier molecular flexibility index (Phi) is 2.61. The second kappa shape index (κ2) is 3.77. The number of rotatable bonds is 1. The average Bonchev–Trinajstić information content (AvgIpc) is 2.18. The summed E-state index contributed by atoms with van der Waals surface area (Å²) in [5.41, 5.74) is 1.81. The van der Waals surface area contributed by atoms with Crippen molar-refractivity contribution >= 4 is 0 Å². The van der Waals surface area contributed by atoms with Crippen LogP contribution in [-0.4, -0.2) is 16.0 Å². The third kappa shape index (κ3) is 1.95. The lowest BCUT2D eigenvalue weighted by Crippen LogP contribution is -2.38. The van der Waals surface area contributed by atoms with E-state index in [0.29, 0.717) is 12.6 Å². The maximum Gasteiger partial charge on any atom is 0.254 e. The number of aromatic nitrogens is 2. The van der Waals surface area contributed by atoms with Crippen LogP contribution < -0.4 is 10.9 Å². The van der Waals surface area contributed by atoms with Crippen molar-refractivity contribution in [2.24, 2.45) is 0 Å². The number of nitrogens with zero attached hydrogens (tertiary/aromatic N) is 1. The summed E-state index contributed by atoms with van der Waals surface area (Å²) in [6.45, 7) is 6.85. The minimum Gasteiger partial charge on any atom is -0.310 e. The van der Waals surface area contributed by atoms with Crippen LogP contribution in [0.1, 0.15) is 43.8 Å². The lowest BCUT2D eigenvalue weighted by molar-refractivity contribution is 0.495. The number of H-pyrrole nitrogens is 1. The molecule has 82 valence electrons. The van der Waals surface area contributed by atoms with Crippen molar-refractivity contribution in [1.29, 1.82) is 0 Å². The lowest BCUT2D eigenvalue weighted by Gasteiger charge is -2.22. The van der Waals surface area contributed by atoms with Crippen LogP contribution in [0.4, 0.5) is 0 Å². The molecule has 0 bridgehead atoms. The summed E-state index contributed by atoms with van der Waals surface area (Å²) in [5.74, 6) is 1.05. The van der Waals surface area contributed by atoms with Gasteiger partial charge < -0.3 is 10.3 Å². The van der Waals surface area contributed by atoms with Gasteiger partial charge in [0, 0.05) is 24.1 Å². The van der Waals surface area contributed by atoms with Crippen LogP contribution in [0.2, 0.25) is 0 Å². The zero-order valence-corrected chi connectivity index (χ0v) is 9.42. The largest absolute Gasteiger partial charge is 0.310 e. The first-order valence-corrected chi connectivity index (χ1v) is 5.43. The van der Waals surface area contributed by atoms with Gasteiger partial charge in [0.15, 0.2) is 0 Å². The Labute approximate surface area is 89.1 Å². The van der Waals surface area contributed by atoms with Crippen molar-refractivity contribution in [3.63, 3.8) is 0 Å². The van der Waals surface area contributed by atoms with E-state index in [-0.39, 0.29) is 11.5 Å². The molecule has 4 heteroatoms. The second-order valence-electron chi connectivity index (χ2n) is 4.52. The zero-order valence-electron chi connectivity index (χ0n) is 9.42. The Balaban J connectivity index is 2.48. The van der Waals surface area contributed by atoms with Gasteiger partial charge in [0.2, 0.25) is 0 Å². The SMILES string of the molecule is CC1Cc2c(nc(C(C)C)[nH]c2=O)CN1. The van der Waals surface area contributed by atoms with Crippen LogP contribution in [-0.2, 0) is 13.0 Å². The van der Waals surface area contributed by atoms with E-state index in [4.69, 9.17) is 0 Å². The molecule has 0 saturated carbocycles. The van der Waals surface area contributed by atoms with Crippen LogP contribution in [0.25, 0.3) is 0 Å². The number of hydrogen-bond donors (Lipinski definition) is 2. The highest BCUT2D eigenvalue weighted by atomic mass is 16.1. The van der Waals surface area contributed by atoms with Gasteiger partial charge in [0.25, 0.3) is 5.56 Å². The van der Waals surface area contributed by atoms with Crippen LogP contribution in [0.15, 0.2) is 4.79 Å². The highest BCUT2D eigenvalue weighted by Gasteiger charge is 2.19. The minimum absolute atomic E-state index is 0.0389. The molecule has 0 amide bonds. The fourth-order valence-corrected chi connectivity index (χ4v) is 1.84. The average molecular weight is 207 g/mol. The number of aromatic amines is 1. The second-order valence-corrected chi connectivity index (χ2v) is 4.52. The summed E-state index contributed by atoms with van der Waals surface area (Å²) in [4.78, 5) is 19.2. The highest BCUT2D eigenvalue weighted by molar-refractivity contribution is 5.22. The van der Waals surface area contributed by atoms with Crippen molar-refractivity contribution in [2.45, 2.75) is 45.7 Å². The van der Waals surface area contributed by atoms with E-state index in [1.807, 2.05) is 13.8 Å². The molecule has 4 nitrogen and oxygen atoms in total. The first-order chi connectivity index (χ1) is 7.08. The Morgan fingerprint density at radius 3 is 2.87 bits per heavy atom. The molecule has 0 aromatic carbocycles. The Morgan fingerprint density at radius 2 is 2.20 bits per heavy atom. The number of fused-ring (bicyclic) bond motifs is 1. The molecular formula is C11H17N3O. The number of nitrogens with one attached hydrogen (secondary N) is 2. The molecule has 2 rings (SSSR count). The zero-order chi connectivity index (χ0) is 11.0. The van der Waals surface area contributed by atoms with Gasteiger partial charge in [0.1, 0.15) is 5.82 Å². The van der Waals surface area contributed by atoms with E-state index in [1.54, 1.807) is 0 Å². The van der Waals surface area contributed by atoms with Gasteiger partial charge >= 0.3 is 0 Å². The van der Waals surface area contributed by atoms with Gasteiger partial charge in [-0.2, -0.15) is 0 Å². The van der Waals surface area contributed by atoms with E-state index in [1.165, 1.54) is 0 Å². The van der Waals surface area contributed by atoms with Crippen LogP contribution >= 0.6 is 0 Å². The first-order valence-electron chi connectivity index (χ1n) is 5.43. The third-order valence-corrected chi connectivity index (χ3v) is 2.79. The van der Waals surface area contributed by atoms with Gasteiger partial charge in [0.05, 0.1) is 5.69 Å². The molecule has 0 radical (unpaired) electrons. The van der Waals surface area contributed by atoms with Gasteiger partial charge in [-0.15, -0.1) is 0 Å². The summed E-state index contributed by atoms with van der Waals surface area (Å²) in [6, 6.07) is 0.366. The van der Waals surface area contributed by atoms with Gasteiger partial charge in [-0.25, -0.2) is 4.98 Å². The smallest absolute Gasteiger partial charge is 0.254 e. The predicted octanol–water partition coefficient (Wildman–Crippen LogP) is 0.927. The molecule has 15 heavy (non-hydrogen) atoms. The van der Waals surface area contributed by atoms with Crippen molar-refractivity contribution < 1.29 is 0 Å². The fourth-order valence-electron chi connectivity index (χ4n) is 1.84. The lowest BCUT2D eigenvalue weighted by atomic mass is 10.0. The summed E-state index contributed by atoms with van der Waals surface area (Å²) in [5, 5.41) is 3.32. The van der Waals surface area contributed by atoms with Gasteiger partial charge in [-0.1, -0.05) is 13.8 Å². The molecule has 0 spiro atoms. The van der Waals surface area contributed by atoms with E-state index in [0.717, 1.165) is 23.5 Å². The number of hydrogen-bond acceptors (Lipinski definition) is 3. The maximum atomic E-state index is 11.8. The standard InChI is InChI=1S/C11H17N3O/c1-6(2)10-13-9-5-12-7(3)4-8(9)11(15)14-10/h6-7,12H,4-5H2,1-3H3,(H,13,14,15). The molecular weight excluding hydrogens is 190 g/mol. The van der Waals surface area contributed by atoms with Crippen LogP contribution in [0.3, 0.4) is 0 Å². The molecule has 1 aromatic heterocycles. The molecule has 2 N–H and O–H groups in total. The summed E-state index contributed by atoms with van der Waals surface area (Å²) in [6.07, 6.45) is 0.774. The minimum atomic E-state index is 0.0389. The molecule has 1 aliphatic heterocycles. The summed E-state index contributed by atoms with van der Waals surface area (Å²) >= 11 is 0. The van der Waals surface area contributed by atoms with Crippen molar-refractivity contribution in [2.75, 3.05) is 0 Å². The highest BCUT2D eigenvalue weighted by Crippen LogP contribution is 2.13. The van der Waals surface area contributed by atoms with E-state index >= 15 is 0 Å². The van der Waals surface area contributed by atoms with E-state index < -0.39 is 0 Å². The van der Waals surface area contributed by atoms with E-state index in [2.05, 4.69) is 22.2 Å². The van der Waals surface area contributed by atoms with E-state index in [9.17, 15) is 4.79 Å². The molecule has 0 fully saturated rings. The topological polar surface area (TPSA) is 57.8 Å². The van der Waals surface area contributed by atoms with Crippen molar-refractivity contribution in [1.82, 2.24) is 15.3 Å². The van der Waals surface area contributed by atoms with Crippen molar-refractivity contribution in [3.8, 4) is 0 Å².